The summed E-state index contributed by atoms with van der Waals surface area (Å²) in [5, 5.41) is 0. The van der Waals surface area contributed by atoms with E-state index in [0.29, 0.717) is 5.92 Å². The maximum absolute atomic E-state index is 6.16. The number of rotatable bonds is 3. The monoisotopic (exact) mass is 217 g/mol. The van der Waals surface area contributed by atoms with Gasteiger partial charge in [0.05, 0.1) is 17.4 Å². The number of fused-ring (bicyclic) bond motifs is 1. The Morgan fingerprint density at radius 3 is 2.81 bits per heavy atom. The summed E-state index contributed by atoms with van der Waals surface area (Å²) < 4.78 is 2.02. The molecule has 0 saturated carbocycles. The van der Waals surface area contributed by atoms with Gasteiger partial charge in [-0.3, -0.25) is 0 Å². The number of aryl methyl sites for hydroxylation is 1. The Morgan fingerprint density at radius 1 is 1.38 bits per heavy atom. The van der Waals surface area contributed by atoms with Crippen LogP contribution >= 0.6 is 0 Å². The number of benzene rings is 1. The van der Waals surface area contributed by atoms with Crippen molar-refractivity contribution in [2.45, 2.75) is 26.3 Å². The number of nitrogens with two attached hydrogens (primary N) is 1. The van der Waals surface area contributed by atoms with Crippen LogP contribution in [0.25, 0.3) is 11.0 Å². The van der Waals surface area contributed by atoms with E-state index in [4.69, 9.17) is 5.73 Å². The second-order valence-corrected chi connectivity index (χ2v) is 4.84. The van der Waals surface area contributed by atoms with Crippen LogP contribution in [0.15, 0.2) is 24.5 Å². The molecule has 16 heavy (non-hydrogen) atoms. The zero-order chi connectivity index (χ0) is 11.7. The summed E-state index contributed by atoms with van der Waals surface area (Å²) in [6.07, 6.45) is 2.85. The molecule has 2 rings (SSSR count). The maximum Gasteiger partial charge on any atom is 0.0955 e. The van der Waals surface area contributed by atoms with E-state index in [9.17, 15) is 0 Å². The minimum atomic E-state index is 0.117. The largest absolute Gasteiger partial charge is 0.334 e. The normalized spacial score (nSPS) is 13.6. The van der Waals surface area contributed by atoms with Crippen LogP contribution in [0.2, 0.25) is 0 Å². The Bertz CT molecular complexity index is 485. The highest BCUT2D eigenvalue weighted by molar-refractivity contribution is 5.76. The molecule has 1 aromatic heterocycles. The van der Waals surface area contributed by atoms with E-state index in [1.165, 1.54) is 5.56 Å². The predicted molar refractivity (Wildman–Crippen MR) is 67.1 cm³/mol. The SMILES string of the molecule is CC(C)CC(N)c1ccc2c(c1)ncn2C. The minimum absolute atomic E-state index is 0.117. The van der Waals surface area contributed by atoms with Crippen LogP contribution in [0.5, 0.6) is 0 Å². The molecule has 0 fully saturated rings. The summed E-state index contributed by atoms with van der Waals surface area (Å²) in [7, 11) is 2.00. The molecular formula is C13H19N3. The standard InChI is InChI=1S/C13H19N3/c1-9(2)6-11(14)10-4-5-13-12(7-10)15-8-16(13)3/h4-5,7-9,11H,6,14H2,1-3H3. The molecule has 86 valence electrons. The minimum Gasteiger partial charge on any atom is -0.334 e. The average Bonchev–Trinajstić information content (AvgIpc) is 2.59. The molecule has 1 aromatic carbocycles. The molecule has 1 atom stereocenters. The lowest BCUT2D eigenvalue weighted by molar-refractivity contribution is 0.510. The highest BCUT2D eigenvalue weighted by Crippen LogP contribution is 2.22. The third kappa shape index (κ3) is 2.09. The molecule has 0 saturated heterocycles. The average molecular weight is 217 g/mol. The van der Waals surface area contributed by atoms with E-state index in [1.54, 1.807) is 0 Å². The van der Waals surface area contributed by atoms with Gasteiger partial charge in [0, 0.05) is 13.1 Å². The fourth-order valence-corrected chi connectivity index (χ4v) is 2.03. The quantitative estimate of drug-likeness (QED) is 0.858. The number of nitrogens with zero attached hydrogens (tertiary/aromatic N) is 2. The van der Waals surface area contributed by atoms with Crippen molar-refractivity contribution in [3.63, 3.8) is 0 Å². The first-order valence-electron chi connectivity index (χ1n) is 5.74. The molecule has 0 aliphatic heterocycles. The number of hydrogen-bond acceptors (Lipinski definition) is 2. The Morgan fingerprint density at radius 2 is 2.12 bits per heavy atom. The Balaban J connectivity index is 2.32. The van der Waals surface area contributed by atoms with Crippen LogP contribution in [-0.2, 0) is 7.05 Å². The molecule has 1 unspecified atom stereocenters. The third-order valence-corrected chi connectivity index (χ3v) is 2.90. The first kappa shape index (κ1) is 11.1. The Kier molecular flexibility index (Phi) is 2.97. The fourth-order valence-electron chi connectivity index (χ4n) is 2.03. The van der Waals surface area contributed by atoms with Crippen molar-refractivity contribution in [2.75, 3.05) is 0 Å². The van der Waals surface area contributed by atoms with Gasteiger partial charge in [-0.2, -0.15) is 0 Å². The second-order valence-electron chi connectivity index (χ2n) is 4.84. The summed E-state index contributed by atoms with van der Waals surface area (Å²) in [5.74, 6) is 0.620. The second kappa shape index (κ2) is 4.26. The smallest absolute Gasteiger partial charge is 0.0955 e. The first-order chi connectivity index (χ1) is 7.58. The van der Waals surface area contributed by atoms with Gasteiger partial charge in [0.1, 0.15) is 0 Å². The third-order valence-electron chi connectivity index (χ3n) is 2.90. The predicted octanol–water partition coefficient (Wildman–Crippen LogP) is 2.62. The van der Waals surface area contributed by atoms with E-state index in [1.807, 2.05) is 17.9 Å². The topological polar surface area (TPSA) is 43.8 Å². The molecule has 0 radical (unpaired) electrons. The van der Waals surface area contributed by atoms with Gasteiger partial charge in [-0.05, 0) is 30.0 Å². The van der Waals surface area contributed by atoms with Gasteiger partial charge in [-0.25, -0.2) is 4.98 Å². The summed E-state index contributed by atoms with van der Waals surface area (Å²) in [6, 6.07) is 6.42. The van der Waals surface area contributed by atoms with Gasteiger partial charge in [0.2, 0.25) is 0 Å². The van der Waals surface area contributed by atoms with Crippen molar-refractivity contribution in [1.29, 1.82) is 0 Å². The molecule has 1 heterocycles. The Hall–Kier alpha value is -1.35. The summed E-state index contributed by atoms with van der Waals surface area (Å²) in [4.78, 5) is 4.35. The van der Waals surface area contributed by atoms with Gasteiger partial charge in [0.25, 0.3) is 0 Å². The molecule has 0 amide bonds. The van der Waals surface area contributed by atoms with Crippen molar-refractivity contribution < 1.29 is 0 Å². The zero-order valence-corrected chi connectivity index (χ0v) is 10.1. The summed E-state index contributed by atoms with van der Waals surface area (Å²) >= 11 is 0. The molecule has 2 aromatic rings. The number of hydrogen-bond donors (Lipinski definition) is 1. The summed E-state index contributed by atoms with van der Waals surface area (Å²) in [6.45, 7) is 4.39. The van der Waals surface area contributed by atoms with E-state index < -0.39 is 0 Å². The van der Waals surface area contributed by atoms with E-state index >= 15 is 0 Å². The van der Waals surface area contributed by atoms with Crippen molar-refractivity contribution in [2.24, 2.45) is 18.7 Å². The summed E-state index contributed by atoms with van der Waals surface area (Å²) in [5.41, 5.74) is 9.52. The van der Waals surface area contributed by atoms with Crippen LogP contribution in [0.3, 0.4) is 0 Å². The van der Waals surface area contributed by atoms with Crippen LogP contribution in [0.1, 0.15) is 31.9 Å². The number of aromatic nitrogens is 2. The fraction of sp³-hybridized carbons (Fsp3) is 0.462. The van der Waals surface area contributed by atoms with Gasteiger partial charge >= 0.3 is 0 Å². The van der Waals surface area contributed by atoms with E-state index in [-0.39, 0.29) is 6.04 Å². The van der Waals surface area contributed by atoms with Gasteiger partial charge < -0.3 is 10.3 Å². The maximum atomic E-state index is 6.16. The Labute approximate surface area is 96.3 Å². The lowest BCUT2D eigenvalue weighted by Gasteiger charge is -2.14. The zero-order valence-electron chi connectivity index (χ0n) is 10.1. The number of imidazole rings is 1. The van der Waals surface area contributed by atoms with Crippen LogP contribution in [0, 0.1) is 5.92 Å². The van der Waals surface area contributed by atoms with Crippen molar-refractivity contribution in [3.8, 4) is 0 Å². The molecule has 0 aliphatic carbocycles. The van der Waals surface area contributed by atoms with E-state index in [2.05, 4.69) is 37.0 Å². The highest BCUT2D eigenvalue weighted by Gasteiger charge is 2.09. The lowest BCUT2D eigenvalue weighted by atomic mass is 9.97. The molecule has 0 bridgehead atoms. The molecule has 0 aliphatic rings. The van der Waals surface area contributed by atoms with Gasteiger partial charge in [-0.15, -0.1) is 0 Å². The molecule has 0 spiro atoms. The highest BCUT2D eigenvalue weighted by atomic mass is 15.0. The molecule has 3 heteroatoms. The van der Waals surface area contributed by atoms with Crippen LogP contribution in [0.4, 0.5) is 0 Å². The van der Waals surface area contributed by atoms with Crippen molar-refractivity contribution in [3.05, 3.63) is 30.1 Å². The van der Waals surface area contributed by atoms with Crippen LogP contribution in [-0.4, -0.2) is 9.55 Å². The van der Waals surface area contributed by atoms with Crippen LogP contribution < -0.4 is 5.73 Å². The molecular weight excluding hydrogens is 198 g/mol. The molecule has 2 N–H and O–H groups in total. The molecule has 3 nitrogen and oxygen atoms in total. The lowest BCUT2D eigenvalue weighted by Crippen LogP contribution is -2.12. The van der Waals surface area contributed by atoms with Crippen molar-refractivity contribution >= 4 is 11.0 Å². The first-order valence-corrected chi connectivity index (χ1v) is 5.74. The van der Waals surface area contributed by atoms with Crippen molar-refractivity contribution in [1.82, 2.24) is 9.55 Å². The van der Waals surface area contributed by atoms with E-state index in [0.717, 1.165) is 17.5 Å². The van der Waals surface area contributed by atoms with Gasteiger partial charge in [0.15, 0.2) is 0 Å². The van der Waals surface area contributed by atoms with Gasteiger partial charge in [-0.1, -0.05) is 19.9 Å².